The molecule has 1 aliphatic carbocycles. The van der Waals surface area contributed by atoms with Crippen LogP contribution in [0, 0.1) is 5.92 Å². The Morgan fingerprint density at radius 3 is 2.23 bits per heavy atom. The van der Waals surface area contributed by atoms with Crippen LogP contribution >= 0.6 is 0 Å². The van der Waals surface area contributed by atoms with Gasteiger partial charge in [-0.3, -0.25) is 14.6 Å². The van der Waals surface area contributed by atoms with Crippen LogP contribution in [0.5, 0.6) is 0 Å². The molecule has 0 spiro atoms. The van der Waals surface area contributed by atoms with Crippen LogP contribution in [0.4, 0.5) is 0 Å². The molecule has 158 valence electrons. The average Bonchev–Trinajstić information content (AvgIpc) is 3.65. The Hall–Kier alpha value is -2.43. The minimum Gasteiger partial charge on any atom is -0.342 e. The van der Waals surface area contributed by atoms with Crippen LogP contribution in [0.2, 0.25) is 0 Å². The second-order valence-corrected chi connectivity index (χ2v) is 9.19. The first-order chi connectivity index (χ1) is 14.7. The fourth-order valence-electron chi connectivity index (χ4n) is 5.01. The zero-order valence-corrected chi connectivity index (χ0v) is 17.7. The van der Waals surface area contributed by atoms with Crippen molar-refractivity contribution < 1.29 is 9.59 Å². The van der Waals surface area contributed by atoms with Crippen LogP contribution < -0.4 is 0 Å². The highest BCUT2D eigenvalue weighted by Crippen LogP contribution is 2.40. The summed E-state index contributed by atoms with van der Waals surface area (Å²) in [7, 11) is 0. The monoisotopic (exact) mass is 405 g/mol. The lowest BCUT2D eigenvalue weighted by Crippen LogP contribution is -2.44. The highest BCUT2D eigenvalue weighted by atomic mass is 16.2. The second kappa shape index (κ2) is 8.37. The van der Waals surface area contributed by atoms with Crippen molar-refractivity contribution in [2.45, 2.75) is 57.3 Å². The SMILES string of the molecule is O=C(c1cc(C2CC2)nc2ccccc12)N1CCC(C(=O)N2CCCCCC2)CC1. The molecule has 0 atom stereocenters. The molecule has 5 nitrogen and oxygen atoms in total. The summed E-state index contributed by atoms with van der Waals surface area (Å²) in [6.07, 6.45) is 8.62. The van der Waals surface area contributed by atoms with Crippen molar-refractivity contribution in [2.75, 3.05) is 26.2 Å². The molecule has 0 unspecified atom stereocenters. The van der Waals surface area contributed by atoms with Crippen molar-refractivity contribution in [3.8, 4) is 0 Å². The Kier molecular flexibility index (Phi) is 5.45. The largest absolute Gasteiger partial charge is 0.342 e. The van der Waals surface area contributed by atoms with Crippen LogP contribution in [-0.4, -0.2) is 52.8 Å². The van der Waals surface area contributed by atoms with E-state index >= 15 is 0 Å². The zero-order valence-electron chi connectivity index (χ0n) is 17.7. The summed E-state index contributed by atoms with van der Waals surface area (Å²) in [5, 5.41) is 0.940. The molecule has 5 rings (SSSR count). The van der Waals surface area contributed by atoms with Gasteiger partial charge < -0.3 is 9.80 Å². The van der Waals surface area contributed by atoms with Gasteiger partial charge in [0.2, 0.25) is 5.91 Å². The van der Waals surface area contributed by atoms with Crippen molar-refractivity contribution >= 4 is 22.7 Å². The number of carbonyl (C=O) groups excluding carboxylic acids is 2. The first-order valence-electron chi connectivity index (χ1n) is 11.7. The number of benzene rings is 1. The fourth-order valence-corrected chi connectivity index (χ4v) is 5.01. The van der Waals surface area contributed by atoms with Crippen molar-refractivity contribution in [1.82, 2.24) is 14.8 Å². The number of amides is 2. The van der Waals surface area contributed by atoms with Gasteiger partial charge in [0, 0.05) is 49.1 Å². The van der Waals surface area contributed by atoms with Crippen LogP contribution in [0.25, 0.3) is 10.9 Å². The summed E-state index contributed by atoms with van der Waals surface area (Å²) in [4.78, 5) is 35.2. The molecule has 3 aliphatic rings. The smallest absolute Gasteiger partial charge is 0.254 e. The highest BCUT2D eigenvalue weighted by molar-refractivity contribution is 6.06. The molecule has 5 heteroatoms. The van der Waals surface area contributed by atoms with Gasteiger partial charge in [0.15, 0.2) is 0 Å². The molecule has 2 saturated heterocycles. The third-order valence-electron chi connectivity index (χ3n) is 7.01. The maximum absolute atomic E-state index is 13.4. The van der Waals surface area contributed by atoms with E-state index in [2.05, 4.69) is 4.90 Å². The van der Waals surface area contributed by atoms with Gasteiger partial charge in [-0.15, -0.1) is 0 Å². The topological polar surface area (TPSA) is 53.5 Å². The third-order valence-corrected chi connectivity index (χ3v) is 7.01. The maximum Gasteiger partial charge on any atom is 0.254 e. The fraction of sp³-hybridized carbons (Fsp3) is 0.560. The summed E-state index contributed by atoms with van der Waals surface area (Å²) >= 11 is 0. The summed E-state index contributed by atoms with van der Waals surface area (Å²) in [5.74, 6) is 0.993. The Morgan fingerprint density at radius 1 is 0.833 bits per heavy atom. The molecule has 0 N–H and O–H groups in total. The lowest BCUT2D eigenvalue weighted by atomic mass is 9.94. The number of carbonyl (C=O) groups is 2. The molecule has 2 amide bonds. The van der Waals surface area contributed by atoms with Gasteiger partial charge in [-0.1, -0.05) is 31.0 Å². The maximum atomic E-state index is 13.4. The lowest BCUT2D eigenvalue weighted by molar-refractivity contribution is -0.136. The van der Waals surface area contributed by atoms with E-state index in [0.29, 0.717) is 24.9 Å². The van der Waals surface area contributed by atoms with E-state index in [0.717, 1.165) is 60.9 Å². The number of hydrogen-bond acceptors (Lipinski definition) is 3. The minimum atomic E-state index is 0.0726. The number of hydrogen-bond donors (Lipinski definition) is 0. The molecule has 0 bridgehead atoms. The standard InChI is InChI=1S/C25H31N3O2/c29-24(27-13-5-1-2-6-14-27)19-11-15-28(16-12-19)25(30)21-17-23(18-9-10-18)26-22-8-4-3-7-20(21)22/h3-4,7-8,17-19H,1-2,5-6,9-16H2. The predicted molar refractivity (Wildman–Crippen MR) is 117 cm³/mol. The molecular weight excluding hydrogens is 374 g/mol. The number of nitrogens with zero attached hydrogens (tertiary/aromatic N) is 3. The summed E-state index contributed by atoms with van der Waals surface area (Å²) in [6.45, 7) is 3.15. The average molecular weight is 406 g/mol. The van der Waals surface area contributed by atoms with Gasteiger partial charge in [-0.2, -0.15) is 0 Å². The van der Waals surface area contributed by atoms with E-state index in [4.69, 9.17) is 4.98 Å². The molecule has 1 aromatic heterocycles. The van der Waals surface area contributed by atoms with Crippen LogP contribution in [-0.2, 0) is 4.79 Å². The van der Waals surface area contributed by atoms with E-state index in [-0.39, 0.29) is 11.8 Å². The first kappa shape index (κ1) is 19.5. The molecule has 30 heavy (non-hydrogen) atoms. The summed E-state index contributed by atoms with van der Waals surface area (Å²) in [5.41, 5.74) is 2.75. The van der Waals surface area contributed by atoms with Crippen molar-refractivity contribution in [3.63, 3.8) is 0 Å². The van der Waals surface area contributed by atoms with E-state index in [9.17, 15) is 9.59 Å². The van der Waals surface area contributed by atoms with Gasteiger partial charge in [-0.25, -0.2) is 0 Å². The number of rotatable bonds is 3. The Balaban J connectivity index is 1.30. The quantitative estimate of drug-likeness (QED) is 0.762. The number of aromatic nitrogens is 1. The normalized spacial score (nSPS) is 20.9. The summed E-state index contributed by atoms with van der Waals surface area (Å²) < 4.78 is 0. The zero-order chi connectivity index (χ0) is 20.5. The predicted octanol–water partition coefficient (Wildman–Crippen LogP) is 4.37. The molecule has 2 aliphatic heterocycles. The Labute approximate surface area is 178 Å². The van der Waals surface area contributed by atoms with E-state index in [1.54, 1.807) is 0 Å². The summed E-state index contributed by atoms with van der Waals surface area (Å²) in [6, 6.07) is 9.99. The Morgan fingerprint density at radius 2 is 1.53 bits per heavy atom. The number of piperidine rings is 1. The molecule has 3 fully saturated rings. The molecular formula is C25H31N3O2. The molecule has 3 heterocycles. The molecule has 1 saturated carbocycles. The van der Waals surface area contributed by atoms with Crippen LogP contribution in [0.15, 0.2) is 30.3 Å². The van der Waals surface area contributed by atoms with Gasteiger partial charge in [-0.05, 0) is 50.7 Å². The second-order valence-electron chi connectivity index (χ2n) is 9.19. The first-order valence-corrected chi connectivity index (χ1v) is 11.7. The van der Waals surface area contributed by atoms with E-state index in [1.165, 1.54) is 25.7 Å². The molecule has 2 aromatic rings. The lowest BCUT2D eigenvalue weighted by Gasteiger charge is -2.34. The van der Waals surface area contributed by atoms with Crippen molar-refractivity contribution in [2.24, 2.45) is 5.92 Å². The number of para-hydroxylation sites is 1. The number of pyridine rings is 1. The van der Waals surface area contributed by atoms with Gasteiger partial charge in [0.1, 0.15) is 0 Å². The van der Waals surface area contributed by atoms with Crippen LogP contribution in [0.3, 0.4) is 0 Å². The van der Waals surface area contributed by atoms with Crippen LogP contribution in [0.1, 0.15) is 73.3 Å². The highest BCUT2D eigenvalue weighted by Gasteiger charge is 2.32. The molecule has 1 aromatic carbocycles. The van der Waals surface area contributed by atoms with Crippen molar-refractivity contribution in [3.05, 3.63) is 41.6 Å². The van der Waals surface area contributed by atoms with E-state index < -0.39 is 0 Å². The van der Waals surface area contributed by atoms with E-state index in [1.807, 2.05) is 35.2 Å². The van der Waals surface area contributed by atoms with Crippen molar-refractivity contribution in [1.29, 1.82) is 0 Å². The van der Waals surface area contributed by atoms with Gasteiger partial charge in [0.25, 0.3) is 5.91 Å². The third kappa shape index (κ3) is 3.94. The Bertz CT molecular complexity index is 937. The minimum absolute atomic E-state index is 0.0726. The number of likely N-dealkylation sites (tertiary alicyclic amines) is 2. The van der Waals surface area contributed by atoms with Gasteiger partial charge >= 0.3 is 0 Å². The molecule has 0 radical (unpaired) electrons. The van der Waals surface area contributed by atoms with Gasteiger partial charge in [0.05, 0.1) is 11.1 Å². The number of fused-ring (bicyclic) bond motifs is 1.